The molecule has 1 amide bonds. The molecule has 0 bridgehead atoms. The number of hydrazine groups is 1. The summed E-state index contributed by atoms with van der Waals surface area (Å²) in [6.07, 6.45) is 0. The van der Waals surface area contributed by atoms with Crippen LogP contribution in [0.1, 0.15) is 34.3 Å². The highest BCUT2D eigenvalue weighted by molar-refractivity contribution is 5.86. The molecule has 27 heavy (non-hydrogen) atoms. The summed E-state index contributed by atoms with van der Waals surface area (Å²) in [7, 11) is 0. The molecule has 2 aromatic carbocycles. The number of nitrogens with zero attached hydrogens (tertiary/aromatic N) is 1. The number of aliphatic hydroxyl groups excluding tert-OH is 1. The number of phenols is 1. The van der Waals surface area contributed by atoms with Gasteiger partial charge in [0.2, 0.25) is 5.91 Å². The van der Waals surface area contributed by atoms with Crippen molar-refractivity contribution in [3.8, 4) is 5.75 Å². The third-order valence-electron chi connectivity index (χ3n) is 5.69. The van der Waals surface area contributed by atoms with Gasteiger partial charge < -0.3 is 15.1 Å². The number of aliphatic hydroxyl groups is 1. The molecule has 2 aliphatic heterocycles. The number of carbonyl (C=O) groups excluding carboxylic acids is 1. The smallest absolute Gasteiger partial charge is 0.242 e. The first kappa shape index (κ1) is 18.0. The van der Waals surface area contributed by atoms with Gasteiger partial charge >= 0.3 is 0 Å². The number of hydrogen-bond donors (Lipinski definition) is 4. The minimum Gasteiger partial charge on any atom is -0.508 e. The van der Waals surface area contributed by atoms with Gasteiger partial charge in [-0.2, -0.15) is 0 Å². The first-order valence-corrected chi connectivity index (χ1v) is 9.29. The Bertz CT molecular complexity index is 852. The van der Waals surface area contributed by atoms with Crippen molar-refractivity contribution in [3.05, 3.63) is 64.7 Å². The van der Waals surface area contributed by atoms with Crippen molar-refractivity contribution in [3.63, 3.8) is 0 Å². The number of carbonyl (C=O) groups is 1. The molecule has 0 aliphatic carbocycles. The van der Waals surface area contributed by atoms with Gasteiger partial charge in [-0.3, -0.25) is 4.79 Å². The Labute approximate surface area is 158 Å². The molecular weight excluding hydrogens is 342 g/mol. The summed E-state index contributed by atoms with van der Waals surface area (Å²) in [6.45, 7) is 4.22. The maximum atomic E-state index is 13.0. The van der Waals surface area contributed by atoms with Gasteiger partial charge in [-0.1, -0.05) is 47.5 Å². The van der Waals surface area contributed by atoms with Crippen LogP contribution in [0.2, 0.25) is 0 Å². The zero-order valence-corrected chi connectivity index (χ0v) is 15.5. The molecule has 4 atom stereocenters. The Morgan fingerprint density at radius 3 is 2.37 bits per heavy atom. The number of fused-ring (bicyclic) bond motifs is 1. The van der Waals surface area contributed by atoms with E-state index in [2.05, 4.69) is 10.9 Å². The molecule has 2 saturated heterocycles. The maximum absolute atomic E-state index is 13.0. The fourth-order valence-corrected chi connectivity index (χ4v) is 4.41. The summed E-state index contributed by atoms with van der Waals surface area (Å²) < 4.78 is 0. The van der Waals surface area contributed by atoms with Crippen LogP contribution in [-0.4, -0.2) is 40.2 Å². The molecule has 0 radical (unpaired) electrons. The van der Waals surface area contributed by atoms with Gasteiger partial charge in [0, 0.05) is 18.0 Å². The average molecular weight is 367 g/mol. The quantitative estimate of drug-likeness (QED) is 0.661. The maximum Gasteiger partial charge on any atom is 0.242 e. The van der Waals surface area contributed by atoms with Crippen LogP contribution in [0.25, 0.3) is 0 Å². The van der Waals surface area contributed by atoms with Crippen LogP contribution in [0.3, 0.4) is 0 Å². The second kappa shape index (κ2) is 6.96. The number of aromatic hydroxyl groups is 1. The molecule has 6 heteroatoms. The van der Waals surface area contributed by atoms with Gasteiger partial charge in [0.15, 0.2) is 0 Å². The van der Waals surface area contributed by atoms with E-state index in [4.69, 9.17) is 0 Å². The van der Waals surface area contributed by atoms with Crippen LogP contribution in [0.5, 0.6) is 5.75 Å². The van der Waals surface area contributed by atoms with E-state index >= 15 is 0 Å². The molecule has 2 aromatic rings. The highest BCUT2D eigenvalue weighted by atomic mass is 16.3. The minimum absolute atomic E-state index is 0.0261. The Kier molecular flexibility index (Phi) is 4.63. The number of aryl methyl sites for hydroxylation is 2. The fraction of sp³-hybridized carbons (Fsp3) is 0.381. The summed E-state index contributed by atoms with van der Waals surface area (Å²) >= 11 is 0. The van der Waals surface area contributed by atoms with Crippen LogP contribution < -0.4 is 10.9 Å². The Hall–Kier alpha value is -2.41. The SMILES string of the molecule is Cc1ccc(C2C3C(NNC3c3cc(C)ccc3O)C(=O)N2CCO)cc1. The molecule has 142 valence electrons. The van der Waals surface area contributed by atoms with E-state index in [1.54, 1.807) is 11.0 Å². The molecule has 4 rings (SSSR count). The normalized spacial score (nSPS) is 27.2. The van der Waals surface area contributed by atoms with Crippen molar-refractivity contribution in [1.82, 2.24) is 15.8 Å². The number of likely N-dealkylation sites (tertiary alicyclic amines) is 1. The number of β-amino-alcohol motifs (C(OH)–C–C–N with tert-alkyl or cyclic N) is 1. The second-order valence-corrected chi connectivity index (χ2v) is 7.49. The highest BCUT2D eigenvalue weighted by Crippen LogP contribution is 2.48. The van der Waals surface area contributed by atoms with Crippen molar-refractivity contribution in [2.75, 3.05) is 13.2 Å². The van der Waals surface area contributed by atoms with Gasteiger partial charge in [-0.15, -0.1) is 0 Å². The third-order valence-corrected chi connectivity index (χ3v) is 5.69. The number of rotatable bonds is 4. The summed E-state index contributed by atoms with van der Waals surface area (Å²) in [6, 6.07) is 12.9. The van der Waals surface area contributed by atoms with Crippen LogP contribution in [0.15, 0.2) is 42.5 Å². The van der Waals surface area contributed by atoms with E-state index in [9.17, 15) is 15.0 Å². The molecule has 0 spiro atoms. The predicted octanol–water partition coefficient (Wildman–Crippen LogP) is 1.72. The fourth-order valence-electron chi connectivity index (χ4n) is 4.41. The average Bonchev–Trinajstić information content (AvgIpc) is 3.19. The van der Waals surface area contributed by atoms with Gasteiger partial charge in [-0.05, 0) is 25.5 Å². The lowest BCUT2D eigenvalue weighted by atomic mass is 9.82. The molecule has 0 aromatic heterocycles. The third kappa shape index (κ3) is 3.00. The van der Waals surface area contributed by atoms with Crippen LogP contribution >= 0.6 is 0 Å². The molecule has 4 N–H and O–H groups in total. The van der Waals surface area contributed by atoms with E-state index in [1.807, 2.05) is 50.2 Å². The highest BCUT2D eigenvalue weighted by Gasteiger charge is 2.55. The molecule has 4 unspecified atom stereocenters. The van der Waals surface area contributed by atoms with Crippen molar-refractivity contribution >= 4 is 5.91 Å². The summed E-state index contributed by atoms with van der Waals surface area (Å²) in [5, 5.41) is 19.9. The van der Waals surface area contributed by atoms with Crippen molar-refractivity contribution in [2.45, 2.75) is 32.0 Å². The number of amides is 1. The van der Waals surface area contributed by atoms with E-state index in [-0.39, 0.29) is 36.3 Å². The number of phenolic OH excluding ortho intramolecular Hbond substituents is 1. The van der Waals surface area contributed by atoms with E-state index in [0.717, 1.165) is 22.3 Å². The van der Waals surface area contributed by atoms with Gasteiger partial charge in [0.1, 0.15) is 11.8 Å². The molecule has 0 saturated carbocycles. The summed E-state index contributed by atoms with van der Waals surface area (Å²) in [5.41, 5.74) is 10.4. The number of nitrogens with one attached hydrogen (secondary N) is 2. The molecule has 2 aliphatic rings. The Balaban J connectivity index is 1.79. The lowest BCUT2D eigenvalue weighted by Crippen LogP contribution is -2.42. The molecular formula is C21H25N3O3. The lowest BCUT2D eigenvalue weighted by molar-refractivity contribution is -0.131. The lowest BCUT2D eigenvalue weighted by Gasteiger charge is -2.31. The van der Waals surface area contributed by atoms with Crippen LogP contribution in [0, 0.1) is 19.8 Å². The zero-order chi connectivity index (χ0) is 19.1. The molecule has 6 nitrogen and oxygen atoms in total. The van der Waals surface area contributed by atoms with Crippen LogP contribution in [0.4, 0.5) is 0 Å². The van der Waals surface area contributed by atoms with Gasteiger partial charge in [0.25, 0.3) is 0 Å². The van der Waals surface area contributed by atoms with Crippen molar-refractivity contribution in [2.24, 2.45) is 5.92 Å². The molecule has 2 heterocycles. The number of benzene rings is 2. The zero-order valence-electron chi connectivity index (χ0n) is 15.5. The topological polar surface area (TPSA) is 84.8 Å². The van der Waals surface area contributed by atoms with Crippen LogP contribution in [-0.2, 0) is 4.79 Å². The van der Waals surface area contributed by atoms with E-state index < -0.39 is 6.04 Å². The standard InChI is InChI=1S/C21H25N3O3/c1-12-3-6-14(7-4-12)20-17-18(15-11-13(2)5-8-16(15)26)22-23-19(17)21(27)24(20)9-10-25/h3-8,11,17-20,22-23,25-26H,9-10H2,1-2H3. The van der Waals surface area contributed by atoms with Crippen molar-refractivity contribution < 1.29 is 15.0 Å². The van der Waals surface area contributed by atoms with Crippen molar-refractivity contribution in [1.29, 1.82) is 0 Å². The Morgan fingerprint density at radius 2 is 1.67 bits per heavy atom. The largest absolute Gasteiger partial charge is 0.508 e. The first-order chi connectivity index (χ1) is 13.0. The minimum atomic E-state index is -0.396. The first-order valence-electron chi connectivity index (χ1n) is 9.29. The van der Waals surface area contributed by atoms with Gasteiger partial charge in [0.05, 0.1) is 18.7 Å². The second-order valence-electron chi connectivity index (χ2n) is 7.49. The summed E-state index contributed by atoms with van der Waals surface area (Å²) in [4.78, 5) is 14.8. The van der Waals surface area contributed by atoms with Gasteiger partial charge in [-0.25, -0.2) is 10.9 Å². The summed E-state index contributed by atoms with van der Waals surface area (Å²) in [5.74, 6) is 0.0949. The van der Waals surface area contributed by atoms with E-state index in [0.29, 0.717) is 6.54 Å². The Morgan fingerprint density at radius 1 is 1.00 bits per heavy atom. The number of hydrogen-bond acceptors (Lipinski definition) is 5. The van der Waals surface area contributed by atoms with E-state index in [1.165, 1.54) is 0 Å². The monoisotopic (exact) mass is 367 g/mol. The predicted molar refractivity (Wildman–Crippen MR) is 102 cm³/mol. The molecule has 2 fully saturated rings.